The lowest BCUT2D eigenvalue weighted by Crippen LogP contribution is -2.43. The Labute approximate surface area is 102 Å². The highest BCUT2D eigenvalue weighted by Gasteiger charge is 2.08. The standard InChI is InChI=1S/C10H14N2.CH4O3S/c1-2-4-10(5-3-1)12-8-6-11-7-9-12;1-5(2,3)4/h1-5,11H,6-9H2;1H3,(H,2,3,4). The van der Waals surface area contributed by atoms with Gasteiger partial charge in [-0.2, -0.15) is 8.42 Å². The molecule has 0 aliphatic carbocycles. The summed E-state index contributed by atoms with van der Waals surface area (Å²) < 4.78 is 25.9. The molecule has 1 aliphatic rings. The van der Waals surface area contributed by atoms with Crippen LogP contribution in [0.2, 0.25) is 0 Å². The van der Waals surface area contributed by atoms with Crippen LogP contribution < -0.4 is 10.2 Å². The molecule has 17 heavy (non-hydrogen) atoms. The van der Waals surface area contributed by atoms with Crippen LogP contribution in [0.3, 0.4) is 0 Å². The van der Waals surface area contributed by atoms with E-state index in [1.54, 1.807) is 0 Å². The lowest BCUT2D eigenvalue weighted by atomic mass is 10.2. The normalized spacial score (nSPS) is 16.0. The van der Waals surface area contributed by atoms with Crippen molar-refractivity contribution in [2.45, 2.75) is 0 Å². The number of nitrogens with zero attached hydrogens (tertiary/aromatic N) is 1. The van der Waals surface area contributed by atoms with Crippen molar-refractivity contribution >= 4 is 15.8 Å². The first-order valence-electron chi connectivity index (χ1n) is 5.40. The quantitative estimate of drug-likeness (QED) is 0.722. The Hall–Kier alpha value is -1.11. The SMILES string of the molecule is CS(=O)(=O)O.c1ccc(N2CCNCC2)cc1. The van der Waals surface area contributed by atoms with Crippen molar-refractivity contribution < 1.29 is 13.0 Å². The molecule has 1 aliphatic heterocycles. The fourth-order valence-corrected chi connectivity index (χ4v) is 1.56. The Bertz CT molecular complexity index is 406. The summed E-state index contributed by atoms with van der Waals surface area (Å²) in [5.41, 5.74) is 1.35. The van der Waals surface area contributed by atoms with Crippen molar-refractivity contribution in [3.05, 3.63) is 30.3 Å². The molecule has 0 saturated carbocycles. The van der Waals surface area contributed by atoms with Crippen molar-refractivity contribution in [1.29, 1.82) is 0 Å². The predicted molar refractivity (Wildman–Crippen MR) is 69.0 cm³/mol. The fourth-order valence-electron chi connectivity index (χ4n) is 1.56. The molecule has 0 unspecified atom stereocenters. The van der Waals surface area contributed by atoms with Crippen LogP contribution >= 0.6 is 0 Å². The zero-order valence-electron chi connectivity index (χ0n) is 9.83. The Morgan fingerprint density at radius 3 is 2.12 bits per heavy atom. The maximum atomic E-state index is 9.19. The minimum atomic E-state index is -3.67. The zero-order valence-corrected chi connectivity index (χ0v) is 10.7. The molecule has 0 radical (unpaired) electrons. The van der Waals surface area contributed by atoms with Gasteiger partial charge in [-0.25, -0.2) is 0 Å². The smallest absolute Gasteiger partial charge is 0.261 e. The Balaban J connectivity index is 0.000000249. The van der Waals surface area contributed by atoms with Gasteiger partial charge in [0, 0.05) is 31.9 Å². The molecule has 5 nitrogen and oxygen atoms in total. The Morgan fingerprint density at radius 2 is 1.65 bits per heavy atom. The molecule has 0 atom stereocenters. The molecular weight excluding hydrogens is 240 g/mol. The molecule has 1 aromatic carbocycles. The molecule has 2 rings (SSSR count). The molecule has 1 saturated heterocycles. The average molecular weight is 258 g/mol. The second-order valence-electron chi connectivity index (χ2n) is 3.81. The predicted octanol–water partition coefficient (Wildman–Crippen LogP) is 0.600. The van der Waals surface area contributed by atoms with Crippen LogP contribution in [0, 0.1) is 0 Å². The van der Waals surface area contributed by atoms with E-state index in [-0.39, 0.29) is 0 Å². The van der Waals surface area contributed by atoms with Crippen LogP contribution in [0.25, 0.3) is 0 Å². The lowest BCUT2D eigenvalue weighted by molar-refractivity contribution is 0.490. The summed E-state index contributed by atoms with van der Waals surface area (Å²) in [7, 11) is -3.67. The van der Waals surface area contributed by atoms with Crippen molar-refractivity contribution in [2.75, 3.05) is 37.3 Å². The largest absolute Gasteiger partial charge is 0.369 e. The van der Waals surface area contributed by atoms with Gasteiger partial charge in [-0.05, 0) is 12.1 Å². The van der Waals surface area contributed by atoms with Crippen molar-refractivity contribution in [2.24, 2.45) is 0 Å². The maximum absolute atomic E-state index is 9.19. The summed E-state index contributed by atoms with van der Waals surface area (Å²) in [6, 6.07) is 10.6. The van der Waals surface area contributed by atoms with Gasteiger partial charge in [-0.15, -0.1) is 0 Å². The molecule has 1 fully saturated rings. The number of hydrogen-bond donors (Lipinski definition) is 2. The molecule has 0 amide bonds. The topological polar surface area (TPSA) is 69.6 Å². The van der Waals surface area contributed by atoms with Gasteiger partial charge in [0.1, 0.15) is 0 Å². The number of nitrogens with one attached hydrogen (secondary N) is 1. The minimum absolute atomic E-state index is 0.715. The number of anilines is 1. The van der Waals surface area contributed by atoms with Gasteiger partial charge in [0.15, 0.2) is 0 Å². The molecule has 1 heterocycles. The van der Waals surface area contributed by atoms with Gasteiger partial charge in [-0.3, -0.25) is 4.55 Å². The summed E-state index contributed by atoms with van der Waals surface area (Å²) >= 11 is 0. The second-order valence-corrected chi connectivity index (χ2v) is 5.27. The zero-order chi connectivity index (χ0) is 12.7. The van der Waals surface area contributed by atoms with E-state index in [1.807, 2.05) is 0 Å². The molecule has 1 aromatic rings. The molecule has 0 bridgehead atoms. The fraction of sp³-hybridized carbons (Fsp3) is 0.455. The Kier molecular flexibility index (Phi) is 5.40. The van der Waals surface area contributed by atoms with E-state index in [1.165, 1.54) is 5.69 Å². The van der Waals surface area contributed by atoms with E-state index in [0.29, 0.717) is 6.26 Å². The maximum Gasteiger partial charge on any atom is 0.261 e. The molecular formula is C11H18N2O3S. The highest BCUT2D eigenvalue weighted by Crippen LogP contribution is 2.12. The van der Waals surface area contributed by atoms with Crippen LogP contribution in [0.1, 0.15) is 0 Å². The van der Waals surface area contributed by atoms with E-state index in [9.17, 15) is 8.42 Å². The summed E-state index contributed by atoms with van der Waals surface area (Å²) in [5.74, 6) is 0. The highest BCUT2D eigenvalue weighted by atomic mass is 32.2. The van der Waals surface area contributed by atoms with Crippen LogP contribution in [0.15, 0.2) is 30.3 Å². The van der Waals surface area contributed by atoms with Crippen LogP contribution in [-0.4, -0.2) is 45.4 Å². The lowest BCUT2D eigenvalue weighted by Gasteiger charge is -2.29. The Morgan fingerprint density at radius 1 is 1.18 bits per heavy atom. The number of rotatable bonds is 1. The van der Waals surface area contributed by atoms with E-state index in [0.717, 1.165) is 26.2 Å². The molecule has 6 heteroatoms. The minimum Gasteiger partial charge on any atom is -0.369 e. The van der Waals surface area contributed by atoms with Gasteiger partial charge in [0.05, 0.1) is 6.26 Å². The van der Waals surface area contributed by atoms with Crippen LogP contribution in [0.4, 0.5) is 5.69 Å². The molecule has 96 valence electrons. The van der Waals surface area contributed by atoms with Gasteiger partial charge in [0.25, 0.3) is 10.1 Å². The number of piperazine rings is 1. The first-order valence-corrected chi connectivity index (χ1v) is 7.25. The van der Waals surface area contributed by atoms with E-state index < -0.39 is 10.1 Å². The number of hydrogen-bond acceptors (Lipinski definition) is 4. The van der Waals surface area contributed by atoms with Gasteiger partial charge in [-0.1, -0.05) is 18.2 Å². The molecule has 2 N–H and O–H groups in total. The summed E-state index contributed by atoms with van der Waals surface area (Å²) in [4.78, 5) is 2.41. The third-order valence-corrected chi connectivity index (χ3v) is 2.24. The van der Waals surface area contributed by atoms with E-state index >= 15 is 0 Å². The number of para-hydroxylation sites is 1. The average Bonchev–Trinajstić information content (AvgIpc) is 2.29. The highest BCUT2D eigenvalue weighted by molar-refractivity contribution is 7.85. The summed E-state index contributed by atoms with van der Waals surface area (Å²) in [6.07, 6.45) is 0.715. The van der Waals surface area contributed by atoms with Crippen molar-refractivity contribution in [1.82, 2.24) is 5.32 Å². The first kappa shape index (κ1) is 14.0. The van der Waals surface area contributed by atoms with E-state index in [4.69, 9.17) is 4.55 Å². The first-order chi connectivity index (χ1) is 7.97. The summed E-state index contributed by atoms with van der Waals surface area (Å²) in [6.45, 7) is 4.47. The molecule has 0 spiro atoms. The third kappa shape index (κ3) is 6.93. The molecule has 0 aromatic heterocycles. The van der Waals surface area contributed by atoms with Crippen LogP contribution in [-0.2, 0) is 10.1 Å². The van der Waals surface area contributed by atoms with E-state index in [2.05, 4.69) is 40.5 Å². The second kappa shape index (κ2) is 6.58. The van der Waals surface area contributed by atoms with Crippen LogP contribution in [0.5, 0.6) is 0 Å². The number of benzene rings is 1. The monoisotopic (exact) mass is 258 g/mol. The third-order valence-electron chi connectivity index (χ3n) is 2.24. The van der Waals surface area contributed by atoms with Crippen molar-refractivity contribution in [3.8, 4) is 0 Å². The van der Waals surface area contributed by atoms with Gasteiger partial charge >= 0.3 is 0 Å². The summed E-state index contributed by atoms with van der Waals surface area (Å²) in [5, 5.41) is 3.34. The van der Waals surface area contributed by atoms with Gasteiger partial charge in [0.2, 0.25) is 0 Å². The van der Waals surface area contributed by atoms with Gasteiger partial charge < -0.3 is 10.2 Å². The van der Waals surface area contributed by atoms with Crippen molar-refractivity contribution in [3.63, 3.8) is 0 Å².